The van der Waals surface area contributed by atoms with Crippen molar-refractivity contribution >= 4 is 38.3 Å². The molecule has 0 amide bonds. The van der Waals surface area contributed by atoms with Crippen LogP contribution in [0, 0.1) is 0 Å². The zero-order valence-electron chi connectivity index (χ0n) is 16.7. The third kappa shape index (κ3) is 4.06. The lowest BCUT2D eigenvalue weighted by atomic mass is 10.2. The zero-order chi connectivity index (χ0) is 20.3. The highest BCUT2D eigenvalue weighted by atomic mass is 32.1. The van der Waals surface area contributed by atoms with Crippen LogP contribution in [0.3, 0.4) is 0 Å². The maximum Gasteiger partial charge on any atom is 0.417 e. The minimum atomic E-state index is -0.398. The van der Waals surface area contributed by atoms with Gasteiger partial charge in [0.05, 0.1) is 33.5 Å². The van der Waals surface area contributed by atoms with Crippen molar-refractivity contribution < 1.29 is 9.15 Å². The van der Waals surface area contributed by atoms with Crippen molar-refractivity contribution in [1.82, 2.24) is 14.9 Å². The van der Waals surface area contributed by atoms with Gasteiger partial charge in [0.1, 0.15) is 5.75 Å². The van der Waals surface area contributed by atoms with Crippen LogP contribution in [0.2, 0.25) is 0 Å². The normalized spacial score (nSPS) is 15.3. The average molecular weight is 425 g/mol. The largest absolute Gasteiger partial charge is 0.494 e. The number of oxazole rings is 1. The van der Waals surface area contributed by atoms with Crippen LogP contribution < -0.4 is 15.4 Å². The summed E-state index contributed by atoms with van der Waals surface area (Å²) in [7, 11) is 0. The van der Waals surface area contributed by atoms with Crippen molar-refractivity contribution in [3.8, 4) is 5.75 Å². The molecule has 0 aliphatic carbocycles. The number of hydrogen-bond donors (Lipinski definition) is 1. The summed E-state index contributed by atoms with van der Waals surface area (Å²) >= 11 is 1.65. The summed E-state index contributed by atoms with van der Waals surface area (Å²) in [4.78, 5) is 23.4. The van der Waals surface area contributed by atoms with Crippen LogP contribution in [-0.2, 0) is 0 Å². The van der Waals surface area contributed by atoms with E-state index in [1.807, 2.05) is 35.8 Å². The van der Waals surface area contributed by atoms with Crippen molar-refractivity contribution in [3.63, 3.8) is 0 Å². The third-order valence-electron chi connectivity index (χ3n) is 5.58. The van der Waals surface area contributed by atoms with E-state index in [1.54, 1.807) is 11.3 Å². The lowest BCUT2D eigenvalue weighted by molar-refractivity contribution is 0.238. The van der Waals surface area contributed by atoms with Gasteiger partial charge >= 0.3 is 5.76 Å². The van der Waals surface area contributed by atoms with Crippen LogP contribution in [0.4, 0.5) is 5.69 Å². The number of benzene rings is 2. The molecule has 5 rings (SSSR count). The Morgan fingerprint density at radius 3 is 2.93 bits per heavy atom. The van der Waals surface area contributed by atoms with E-state index in [4.69, 9.17) is 9.15 Å². The topological polar surface area (TPSA) is 74.6 Å². The number of H-pyrrole nitrogens is 1. The molecule has 3 heterocycles. The Bertz CT molecular complexity index is 1190. The van der Waals surface area contributed by atoms with Gasteiger partial charge in [-0.05, 0) is 43.7 Å². The Labute approximate surface area is 177 Å². The van der Waals surface area contributed by atoms with Crippen LogP contribution in [0.5, 0.6) is 5.75 Å². The fourth-order valence-corrected chi connectivity index (χ4v) is 4.63. The summed E-state index contributed by atoms with van der Waals surface area (Å²) in [5, 5.41) is 0. The van der Waals surface area contributed by atoms with Gasteiger partial charge in [-0.2, -0.15) is 0 Å². The molecule has 1 aliphatic rings. The maximum atomic E-state index is 11.5. The highest BCUT2D eigenvalue weighted by Gasteiger charge is 2.20. The maximum absolute atomic E-state index is 11.5. The molecule has 4 aromatic rings. The number of anilines is 1. The molecule has 1 fully saturated rings. The van der Waals surface area contributed by atoms with Crippen LogP contribution in [-0.4, -0.2) is 54.2 Å². The van der Waals surface area contributed by atoms with E-state index in [1.165, 1.54) is 4.70 Å². The highest BCUT2D eigenvalue weighted by molar-refractivity contribution is 7.16. The number of piperazine rings is 1. The molecule has 7 nitrogen and oxygen atoms in total. The predicted molar refractivity (Wildman–Crippen MR) is 120 cm³/mol. The van der Waals surface area contributed by atoms with Crippen LogP contribution in [0.1, 0.15) is 12.8 Å². The van der Waals surface area contributed by atoms with Gasteiger partial charge in [0.25, 0.3) is 0 Å². The molecule has 0 atom stereocenters. The Balaban J connectivity index is 1.06. The number of nitrogens with zero attached hydrogens (tertiary/aromatic N) is 3. The number of rotatable bonds is 7. The van der Waals surface area contributed by atoms with Crippen molar-refractivity contribution in [1.29, 1.82) is 0 Å². The first-order chi connectivity index (χ1) is 14.8. The minimum Gasteiger partial charge on any atom is -0.494 e. The number of unbranched alkanes of at least 4 members (excludes halogenated alkanes) is 1. The lowest BCUT2D eigenvalue weighted by Gasteiger charge is -2.36. The summed E-state index contributed by atoms with van der Waals surface area (Å²) in [5.74, 6) is 0.498. The second kappa shape index (κ2) is 8.49. The Hall–Kier alpha value is -2.84. The quantitative estimate of drug-likeness (QED) is 0.456. The molecular weight excluding hydrogens is 400 g/mol. The zero-order valence-corrected chi connectivity index (χ0v) is 17.5. The van der Waals surface area contributed by atoms with Gasteiger partial charge in [-0.15, -0.1) is 11.3 Å². The van der Waals surface area contributed by atoms with Gasteiger partial charge in [-0.3, -0.25) is 9.88 Å². The van der Waals surface area contributed by atoms with Gasteiger partial charge in [-0.25, -0.2) is 9.78 Å². The van der Waals surface area contributed by atoms with Gasteiger partial charge < -0.3 is 14.1 Å². The Kier molecular flexibility index (Phi) is 5.42. The molecule has 8 heteroatoms. The fourth-order valence-electron chi connectivity index (χ4n) is 3.98. The molecule has 0 radical (unpaired) electrons. The number of aromatic nitrogens is 2. The molecule has 0 bridgehead atoms. The number of hydrogen-bond acceptors (Lipinski definition) is 7. The molecule has 0 saturated carbocycles. The molecule has 1 aliphatic heterocycles. The number of nitrogens with one attached hydrogen (secondary N) is 1. The monoisotopic (exact) mass is 424 g/mol. The first-order valence-electron chi connectivity index (χ1n) is 10.3. The average Bonchev–Trinajstić information content (AvgIpc) is 3.38. The van der Waals surface area contributed by atoms with Crippen molar-refractivity contribution in [3.05, 3.63) is 52.5 Å². The van der Waals surface area contributed by atoms with Gasteiger partial charge in [-0.1, -0.05) is 6.07 Å². The van der Waals surface area contributed by atoms with Crippen LogP contribution in [0.15, 0.2) is 51.1 Å². The number of thiazole rings is 1. The summed E-state index contributed by atoms with van der Waals surface area (Å²) < 4.78 is 12.4. The molecular formula is C22H24N4O3S. The Morgan fingerprint density at radius 1 is 1.13 bits per heavy atom. The van der Waals surface area contributed by atoms with Crippen molar-refractivity contribution in [2.75, 3.05) is 44.2 Å². The molecule has 156 valence electrons. The van der Waals surface area contributed by atoms with E-state index in [0.29, 0.717) is 5.58 Å². The van der Waals surface area contributed by atoms with Gasteiger partial charge in [0.2, 0.25) is 0 Å². The van der Waals surface area contributed by atoms with Crippen molar-refractivity contribution in [2.24, 2.45) is 0 Å². The van der Waals surface area contributed by atoms with E-state index in [9.17, 15) is 4.79 Å². The van der Waals surface area contributed by atoms with Crippen LogP contribution >= 0.6 is 11.3 Å². The standard InChI is InChI=1S/C22H24N4O3S/c27-22-24-17-4-3-5-19(21(17)29-22)26-11-9-25(10-12-26)8-1-2-13-28-16-6-7-20-18(14-16)23-15-30-20/h3-7,14-15H,1-2,8-13H2,(H,24,27). The highest BCUT2D eigenvalue weighted by Crippen LogP contribution is 2.26. The lowest BCUT2D eigenvalue weighted by Crippen LogP contribution is -2.46. The smallest absolute Gasteiger partial charge is 0.417 e. The number of ether oxygens (including phenoxy) is 1. The van der Waals surface area contributed by atoms with Crippen LogP contribution in [0.25, 0.3) is 21.3 Å². The number of aromatic amines is 1. The van der Waals surface area contributed by atoms with Crippen molar-refractivity contribution in [2.45, 2.75) is 12.8 Å². The molecule has 30 heavy (non-hydrogen) atoms. The molecule has 2 aromatic carbocycles. The van der Waals surface area contributed by atoms with E-state index in [2.05, 4.69) is 25.8 Å². The molecule has 0 spiro atoms. The van der Waals surface area contributed by atoms with E-state index in [0.717, 1.165) is 74.6 Å². The van der Waals surface area contributed by atoms with E-state index in [-0.39, 0.29) is 0 Å². The summed E-state index contributed by atoms with van der Waals surface area (Å²) in [6.45, 7) is 5.67. The SMILES string of the molecule is O=c1[nH]c2cccc(N3CCN(CCCCOc4ccc5scnc5c4)CC3)c2o1. The predicted octanol–water partition coefficient (Wildman–Crippen LogP) is 3.71. The van der Waals surface area contributed by atoms with Gasteiger partial charge in [0.15, 0.2) is 5.58 Å². The summed E-state index contributed by atoms with van der Waals surface area (Å²) in [6, 6.07) is 12.0. The second-order valence-corrected chi connectivity index (χ2v) is 8.42. The Morgan fingerprint density at radius 2 is 2.03 bits per heavy atom. The molecule has 1 saturated heterocycles. The third-order valence-corrected chi connectivity index (χ3v) is 6.39. The number of para-hydroxylation sites is 1. The van der Waals surface area contributed by atoms with E-state index >= 15 is 0 Å². The minimum absolute atomic E-state index is 0.398. The summed E-state index contributed by atoms with van der Waals surface area (Å²) in [6.07, 6.45) is 2.14. The summed E-state index contributed by atoms with van der Waals surface area (Å²) in [5.41, 5.74) is 5.28. The first-order valence-corrected chi connectivity index (χ1v) is 11.2. The molecule has 2 aromatic heterocycles. The first kappa shape index (κ1) is 19.1. The molecule has 1 N–H and O–H groups in total. The fraction of sp³-hybridized carbons (Fsp3) is 0.364. The van der Waals surface area contributed by atoms with E-state index < -0.39 is 5.76 Å². The number of fused-ring (bicyclic) bond motifs is 2. The van der Waals surface area contributed by atoms with Gasteiger partial charge in [0, 0.05) is 32.2 Å². The molecule has 0 unspecified atom stereocenters. The second-order valence-electron chi connectivity index (χ2n) is 7.53.